The van der Waals surface area contributed by atoms with E-state index in [4.69, 9.17) is 11.6 Å². The summed E-state index contributed by atoms with van der Waals surface area (Å²) < 4.78 is 40.6. The Labute approximate surface area is 205 Å². The molecule has 0 aromatic heterocycles. The minimum atomic E-state index is -3.86. The minimum absolute atomic E-state index is 0.121. The van der Waals surface area contributed by atoms with Crippen molar-refractivity contribution in [3.63, 3.8) is 0 Å². The highest BCUT2D eigenvalue weighted by Gasteiger charge is 2.31. The zero-order valence-corrected chi connectivity index (χ0v) is 21.6. The topological polar surface area (TPSA) is 86.8 Å². The summed E-state index contributed by atoms with van der Waals surface area (Å²) in [6.45, 7) is 6.21. The smallest absolute Gasteiger partial charge is 0.244 e. The Morgan fingerprint density at radius 2 is 1.79 bits per heavy atom. The zero-order valence-electron chi connectivity index (χ0n) is 20.0. The summed E-state index contributed by atoms with van der Waals surface area (Å²) >= 11 is 6.00. The molecule has 0 unspecified atom stereocenters. The number of carbonyl (C=O) groups is 2. The van der Waals surface area contributed by atoms with Crippen LogP contribution in [0, 0.1) is 12.7 Å². The van der Waals surface area contributed by atoms with E-state index in [9.17, 15) is 22.4 Å². The van der Waals surface area contributed by atoms with Gasteiger partial charge < -0.3 is 10.2 Å². The van der Waals surface area contributed by atoms with Gasteiger partial charge in [0.25, 0.3) is 0 Å². The number of aryl methyl sites for hydroxylation is 1. The number of sulfonamides is 1. The quantitative estimate of drug-likeness (QED) is 0.524. The first kappa shape index (κ1) is 27.6. The summed E-state index contributed by atoms with van der Waals surface area (Å²) in [5.74, 6) is -1.58. The van der Waals surface area contributed by atoms with Gasteiger partial charge in [-0.1, -0.05) is 36.7 Å². The SMILES string of the molecule is CC[C@@H](C)NC(=O)[C@H](C)N(Cc1ccccc1F)C(=O)CN(c1ccc(Cl)cc1C)S(C)(=O)=O. The van der Waals surface area contributed by atoms with Crippen LogP contribution in [0.5, 0.6) is 0 Å². The van der Waals surface area contributed by atoms with Crippen molar-refractivity contribution in [2.45, 2.75) is 52.7 Å². The standard InChI is InChI=1S/C24H31ClFN3O4S/c1-6-17(3)27-24(31)18(4)28(14-19-9-7-8-10-21(19)26)23(30)15-29(34(5,32)33)22-12-11-20(25)13-16(22)2/h7-13,17-18H,6,14-15H2,1-5H3,(H,27,31)/t17-,18+/m1/s1. The van der Waals surface area contributed by atoms with Crippen LogP contribution in [-0.2, 0) is 26.2 Å². The van der Waals surface area contributed by atoms with E-state index in [0.717, 1.165) is 10.6 Å². The summed E-state index contributed by atoms with van der Waals surface area (Å²) in [6.07, 6.45) is 1.69. The summed E-state index contributed by atoms with van der Waals surface area (Å²) in [7, 11) is -3.86. The van der Waals surface area contributed by atoms with Crippen LogP contribution >= 0.6 is 11.6 Å². The number of anilines is 1. The Balaban J connectivity index is 2.43. The van der Waals surface area contributed by atoms with Crippen molar-refractivity contribution in [2.75, 3.05) is 17.1 Å². The van der Waals surface area contributed by atoms with Gasteiger partial charge in [-0.3, -0.25) is 13.9 Å². The fourth-order valence-electron chi connectivity index (χ4n) is 3.35. The highest BCUT2D eigenvalue weighted by molar-refractivity contribution is 7.92. The molecule has 2 atom stereocenters. The summed E-state index contributed by atoms with van der Waals surface area (Å²) in [6, 6.07) is 9.51. The van der Waals surface area contributed by atoms with Crippen LogP contribution in [0.1, 0.15) is 38.3 Å². The van der Waals surface area contributed by atoms with Crippen LogP contribution in [0.2, 0.25) is 5.02 Å². The molecule has 0 saturated carbocycles. The van der Waals surface area contributed by atoms with Crippen molar-refractivity contribution in [2.24, 2.45) is 0 Å². The zero-order chi connectivity index (χ0) is 25.6. The monoisotopic (exact) mass is 511 g/mol. The first-order valence-corrected chi connectivity index (χ1v) is 13.1. The van der Waals surface area contributed by atoms with Crippen molar-refractivity contribution in [3.8, 4) is 0 Å². The molecular formula is C24H31ClFN3O4S. The largest absolute Gasteiger partial charge is 0.352 e. The number of carbonyl (C=O) groups excluding carboxylic acids is 2. The lowest BCUT2D eigenvalue weighted by molar-refractivity contribution is -0.139. The van der Waals surface area contributed by atoms with Crippen molar-refractivity contribution in [3.05, 3.63) is 64.4 Å². The maximum absolute atomic E-state index is 14.4. The molecule has 0 aliphatic rings. The third kappa shape index (κ3) is 7.17. The van der Waals surface area contributed by atoms with Gasteiger partial charge in [0.05, 0.1) is 11.9 Å². The molecule has 2 aromatic carbocycles. The van der Waals surface area contributed by atoms with Crippen molar-refractivity contribution >= 4 is 39.1 Å². The maximum Gasteiger partial charge on any atom is 0.244 e. The first-order valence-electron chi connectivity index (χ1n) is 10.9. The Hall–Kier alpha value is -2.65. The normalized spacial score (nSPS) is 13.1. The van der Waals surface area contributed by atoms with E-state index in [1.54, 1.807) is 19.1 Å². The van der Waals surface area contributed by atoms with E-state index in [-0.39, 0.29) is 18.2 Å². The van der Waals surface area contributed by atoms with Crippen molar-refractivity contribution in [1.29, 1.82) is 0 Å². The molecule has 0 fully saturated rings. The van der Waals surface area contributed by atoms with Gasteiger partial charge in [0.1, 0.15) is 18.4 Å². The van der Waals surface area contributed by atoms with Crippen LogP contribution < -0.4 is 9.62 Å². The van der Waals surface area contributed by atoms with Gasteiger partial charge in [0, 0.05) is 23.2 Å². The molecule has 2 rings (SSSR count). The van der Waals surface area contributed by atoms with Crippen LogP contribution in [0.25, 0.3) is 0 Å². The van der Waals surface area contributed by atoms with Crippen LogP contribution in [-0.4, -0.2) is 50.0 Å². The van der Waals surface area contributed by atoms with E-state index in [1.165, 1.54) is 42.2 Å². The number of amides is 2. The predicted octanol–water partition coefficient (Wildman–Crippen LogP) is 3.89. The number of hydrogen-bond acceptors (Lipinski definition) is 4. The molecule has 34 heavy (non-hydrogen) atoms. The lowest BCUT2D eigenvalue weighted by Gasteiger charge is -2.32. The highest BCUT2D eigenvalue weighted by atomic mass is 35.5. The van der Waals surface area contributed by atoms with E-state index in [0.29, 0.717) is 22.7 Å². The number of benzene rings is 2. The predicted molar refractivity (Wildman–Crippen MR) is 133 cm³/mol. The summed E-state index contributed by atoms with van der Waals surface area (Å²) in [4.78, 5) is 27.5. The van der Waals surface area contributed by atoms with E-state index in [1.807, 2.05) is 13.8 Å². The molecule has 0 radical (unpaired) electrons. The molecule has 0 spiro atoms. The molecule has 186 valence electrons. The number of hydrogen-bond donors (Lipinski definition) is 1. The molecule has 7 nitrogen and oxygen atoms in total. The van der Waals surface area contributed by atoms with Gasteiger partial charge in [0.2, 0.25) is 21.8 Å². The van der Waals surface area contributed by atoms with Crippen molar-refractivity contribution in [1.82, 2.24) is 10.2 Å². The number of nitrogens with one attached hydrogen (secondary N) is 1. The molecular weight excluding hydrogens is 481 g/mol. The summed E-state index contributed by atoms with van der Waals surface area (Å²) in [5, 5.41) is 3.25. The second kappa shape index (κ2) is 11.7. The van der Waals surface area contributed by atoms with Gasteiger partial charge in [-0.2, -0.15) is 0 Å². The minimum Gasteiger partial charge on any atom is -0.352 e. The number of nitrogens with zero attached hydrogens (tertiary/aromatic N) is 2. The van der Waals surface area contributed by atoms with Crippen LogP contribution in [0.4, 0.5) is 10.1 Å². The van der Waals surface area contributed by atoms with Gasteiger partial charge in [-0.15, -0.1) is 0 Å². The third-order valence-corrected chi connectivity index (χ3v) is 6.94. The lowest BCUT2D eigenvalue weighted by atomic mass is 10.1. The molecule has 2 amide bonds. The Morgan fingerprint density at radius 3 is 2.35 bits per heavy atom. The molecule has 1 N–H and O–H groups in total. The molecule has 0 saturated heterocycles. The molecule has 2 aromatic rings. The maximum atomic E-state index is 14.4. The van der Waals surface area contributed by atoms with Crippen LogP contribution in [0.3, 0.4) is 0 Å². The third-order valence-electron chi connectivity index (χ3n) is 5.57. The Kier molecular flexibility index (Phi) is 9.46. The van der Waals surface area contributed by atoms with Crippen LogP contribution in [0.15, 0.2) is 42.5 Å². The Morgan fingerprint density at radius 1 is 1.15 bits per heavy atom. The summed E-state index contributed by atoms with van der Waals surface area (Å²) in [5.41, 5.74) is 1.07. The van der Waals surface area contributed by atoms with Gasteiger partial charge in [0.15, 0.2) is 0 Å². The molecule has 0 aliphatic carbocycles. The molecule has 10 heteroatoms. The van der Waals surface area contributed by atoms with Gasteiger partial charge in [-0.05, 0) is 57.0 Å². The van der Waals surface area contributed by atoms with Gasteiger partial charge >= 0.3 is 0 Å². The fraction of sp³-hybridized carbons (Fsp3) is 0.417. The molecule has 0 bridgehead atoms. The average molecular weight is 512 g/mol. The lowest BCUT2D eigenvalue weighted by Crippen LogP contribution is -2.52. The van der Waals surface area contributed by atoms with E-state index in [2.05, 4.69) is 5.32 Å². The van der Waals surface area contributed by atoms with Gasteiger partial charge in [-0.25, -0.2) is 12.8 Å². The highest BCUT2D eigenvalue weighted by Crippen LogP contribution is 2.26. The van der Waals surface area contributed by atoms with Crippen molar-refractivity contribution < 1.29 is 22.4 Å². The fourth-order valence-corrected chi connectivity index (χ4v) is 4.49. The molecule has 0 aliphatic heterocycles. The second-order valence-electron chi connectivity index (χ2n) is 8.31. The number of halogens is 2. The second-order valence-corrected chi connectivity index (χ2v) is 10.7. The number of rotatable bonds is 10. The first-order chi connectivity index (χ1) is 15.8. The Bertz CT molecular complexity index is 1140. The average Bonchev–Trinajstić information content (AvgIpc) is 2.76. The molecule has 0 heterocycles. The van der Waals surface area contributed by atoms with E-state index < -0.39 is 40.2 Å². The van der Waals surface area contributed by atoms with E-state index >= 15 is 0 Å².